The number of ether oxygens (including phenoxy) is 1. The third kappa shape index (κ3) is 4.26. The summed E-state index contributed by atoms with van der Waals surface area (Å²) in [6, 6.07) is 10.4. The van der Waals surface area contributed by atoms with Crippen molar-refractivity contribution in [3.05, 3.63) is 65.0 Å². The van der Waals surface area contributed by atoms with Gasteiger partial charge in [-0.15, -0.1) is 0 Å². The Hall–Kier alpha value is -2.24. The lowest BCUT2D eigenvalue weighted by Gasteiger charge is -2.36. The molecule has 1 aromatic heterocycles. The van der Waals surface area contributed by atoms with Crippen LogP contribution in [0.15, 0.2) is 48.2 Å². The predicted molar refractivity (Wildman–Crippen MR) is 124 cm³/mol. The van der Waals surface area contributed by atoms with E-state index in [0.29, 0.717) is 12.5 Å². The van der Waals surface area contributed by atoms with Gasteiger partial charge in [0.2, 0.25) is 5.95 Å². The average Bonchev–Trinajstić information content (AvgIpc) is 3.19. The zero-order chi connectivity index (χ0) is 21.3. The summed E-state index contributed by atoms with van der Waals surface area (Å²) in [6.45, 7) is 10.2. The molecular formula is C26H34N4O. The van der Waals surface area contributed by atoms with Crippen molar-refractivity contribution in [2.75, 3.05) is 31.6 Å². The largest absolute Gasteiger partial charge is 0.376 e. The number of hydrogen-bond donors (Lipinski definition) is 1. The fourth-order valence-corrected chi connectivity index (χ4v) is 5.66. The van der Waals surface area contributed by atoms with Crippen LogP contribution in [0.1, 0.15) is 49.9 Å². The summed E-state index contributed by atoms with van der Waals surface area (Å²) in [7, 11) is 0. The second kappa shape index (κ2) is 8.71. The predicted octanol–water partition coefficient (Wildman–Crippen LogP) is 4.55. The van der Waals surface area contributed by atoms with Gasteiger partial charge in [-0.1, -0.05) is 48.9 Å². The highest BCUT2D eigenvalue weighted by Gasteiger charge is 2.45. The lowest BCUT2D eigenvalue weighted by molar-refractivity contribution is 0.0497. The lowest BCUT2D eigenvalue weighted by atomic mass is 9.79. The summed E-state index contributed by atoms with van der Waals surface area (Å²) in [6.07, 6.45) is 8.09. The van der Waals surface area contributed by atoms with E-state index in [-0.39, 0.29) is 5.41 Å². The molecule has 1 saturated heterocycles. The van der Waals surface area contributed by atoms with E-state index in [0.717, 1.165) is 56.6 Å². The normalized spacial score (nSPS) is 28.4. The van der Waals surface area contributed by atoms with Crippen LogP contribution in [0.4, 0.5) is 5.95 Å². The molecule has 0 unspecified atom stereocenters. The van der Waals surface area contributed by atoms with Crippen LogP contribution in [0.3, 0.4) is 0 Å². The number of benzene rings is 1. The quantitative estimate of drug-likeness (QED) is 0.722. The molecule has 5 heteroatoms. The molecule has 0 saturated carbocycles. The number of hydrogen-bond acceptors (Lipinski definition) is 5. The molecule has 1 aliphatic carbocycles. The SMILES string of the molecule is CC1=CCC[C@H](C)[C@H]1CN1CC[C@]2(COCc3cnc(NCc4ccccc4)nc32)C1. The highest BCUT2D eigenvalue weighted by molar-refractivity contribution is 5.37. The fourth-order valence-electron chi connectivity index (χ4n) is 5.66. The van der Waals surface area contributed by atoms with Crippen molar-refractivity contribution < 1.29 is 4.74 Å². The van der Waals surface area contributed by atoms with Crippen LogP contribution in [0.25, 0.3) is 0 Å². The van der Waals surface area contributed by atoms with Gasteiger partial charge in [0, 0.05) is 31.4 Å². The molecule has 164 valence electrons. The fraction of sp³-hybridized carbons (Fsp3) is 0.538. The number of fused-ring (bicyclic) bond motifs is 2. The Morgan fingerprint density at radius 3 is 2.97 bits per heavy atom. The van der Waals surface area contributed by atoms with Crippen molar-refractivity contribution in [2.24, 2.45) is 11.8 Å². The second-order valence-corrected chi connectivity index (χ2v) is 9.77. The van der Waals surface area contributed by atoms with E-state index >= 15 is 0 Å². The van der Waals surface area contributed by atoms with Gasteiger partial charge in [0.15, 0.2) is 0 Å². The van der Waals surface area contributed by atoms with Crippen molar-refractivity contribution in [1.82, 2.24) is 14.9 Å². The minimum atomic E-state index is -0.00474. The maximum absolute atomic E-state index is 6.04. The monoisotopic (exact) mass is 418 g/mol. The molecule has 1 fully saturated rings. The highest BCUT2D eigenvalue weighted by Crippen LogP contribution is 2.40. The van der Waals surface area contributed by atoms with Gasteiger partial charge >= 0.3 is 0 Å². The smallest absolute Gasteiger partial charge is 0.223 e. The summed E-state index contributed by atoms with van der Waals surface area (Å²) in [5.74, 6) is 2.18. The van der Waals surface area contributed by atoms with E-state index in [2.05, 4.69) is 59.4 Å². The van der Waals surface area contributed by atoms with Crippen LogP contribution in [-0.2, 0) is 23.3 Å². The Balaban J connectivity index is 1.32. The third-order valence-corrected chi connectivity index (χ3v) is 7.54. The standard InChI is InChI=1S/C26H34N4O/c1-19-7-6-8-20(2)23(19)15-30-12-11-26(17-30)18-31-16-22-14-28-25(29-24(22)26)27-13-21-9-4-3-5-10-21/h3-5,7,9-10,14,20,23H,6,8,11-13,15-18H2,1-2H3,(H,27,28,29)/t20-,23-,26+/m0/s1. The minimum absolute atomic E-state index is 0.00474. The number of nitrogens with zero attached hydrogens (tertiary/aromatic N) is 3. The maximum atomic E-state index is 6.04. The minimum Gasteiger partial charge on any atom is -0.376 e. The van der Waals surface area contributed by atoms with Gasteiger partial charge in [0.25, 0.3) is 0 Å². The van der Waals surface area contributed by atoms with Crippen LogP contribution >= 0.6 is 0 Å². The third-order valence-electron chi connectivity index (χ3n) is 7.54. The average molecular weight is 419 g/mol. The molecule has 5 rings (SSSR count). The molecule has 3 aliphatic rings. The molecular weight excluding hydrogens is 384 g/mol. The molecule has 3 heterocycles. The number of aromatic nitrogens is 2. The Bertz CT molecular complexity index is 944. The second-order valence-electron chi connectivity index (χ2n) is 9.77. The number of nitrogens with one attached hydrogen (secondary N) is 1. The Labute approximate surface area is 185 Å². The van der Waals surface area contributed by atoms with Crippen molar-refractivity contribution >= 4 is 5.95 Å². The summed E-state index contributed by atoms with van der Waals surface area (Å²) >= 11 is 0. The van der Waals surface area contributed by atoms with Crippen LogP contribution in [0, 0.1) is 11.8 Å². The van der Waals surface area contributed by atoms with Gasteiger partial charge in [-0.2, -0.15) is 0 Å². The van der Waals surface area contributed by atoms with Gasteiger partial charge in [0.05, 0.1) is 24.3 Å². The van der Waals surface area contributed by atoms with Gasteiger partial charge in [-0.25, -0.2) is 9.97 Å². The topological polar surface area (TPSA) is 50.3 Å². The van der Waals surface area contributed by atoms with Gasteiger partial charge in [0.1, 0.15) is 0 Å². The van der Waals surface area contributed by atoms with E-state index in [1.807, 2.05) is 12.3 Å². The maximum Gasteiger partial charge on any atom is 0.223 e. The summed E-state index contributed by atoms with van der Waals surface area (Å²) in [4.78, 5) is 12.3. The highest BCUT2D eigenvalue weighted by atomic mass is 16.5. The first-order valence-electron chi connectivity index (χ1n) is 11.7. The zero-order valence-electron chi connectivity index (χ0n) is 18.8. The summed E-state index contributed by atoms with van der Waals surface area (Å²) in [5.41, 5.74) is 5.17. The van der Waals surface area contributed by atoms with Gasteiger partial charge in [-0.05, 0) is 50.1 Å². The van der Waals surface area contributed by atoms with E-state index in [1.165, 1.54) is 24.1 Å². The molecule has 0 bridgehead atoms. The molecule has 1 N–H and O–H groups in total. The number of allylic oxidation sites excluding steroid dienone is 1. The molecule has 1 spiro atoms. The van der Waals surface area contributed by atoms with E-state index in [4.69, 9.17) is 9.72 Å². The van der Waals surface area contributed by atoms with Crippen LogP contribution in [0.5, 0.6) is 0 Å². The van der Waals surface area contributed by atoms with Crippen molar-refractivity contribution in [3.8, 4) is 0 Å². The van der Waals surface area contributed by atoms with E-state index in [1.54, 1.807) is 5.57 Å². The molecule has 31 heavy (non-hydrogen) atoms. The molecule has 0 amide bonds. The number of likely N-dealkylation sites (tertiary alicyclic amines) is 1. The summed E-state index contributed by atoms with van der Waals surface area (Å²) < 4.78 is 6.04. The Morgan fingerprint density at radius 2 is 2.13 bits per heavy atom. The Morgan fingerprint density at radius 1 is 1.26 bits per heavy atom. The molecule has 3 atom stereocenters. The van der Waals surface area contributed by atoms with Crippen molar-refractivity contribution in [2.45, 2.75) is 51.7 Å². The molecule has 5 nitrogen and oxygen atoms in total. The first kappa shape index (κ1) is 20.7. The number of anilines is 1. The first-order chi connectivity index (χ1) is 15.1. The molecule has 2 aliphatic heterocycles. The molecule has 0 radical (unpaired) electrons. The van der Waals surface area contributed by atoms with Crippen LogP contribution < -0.4 is 5.32 Å². The number of rotatable bonds is 5. The van der Waals surface area contributed by atoms with Crippen LogP contribution in [-0.4, -0.2) is 41.1 Å². The lowest BCUT2D eigenvalue weighted by Crippen LogP contribution is -2.42. The summed E-state index contributed by atoms with van der Waals surface area (Å²) in [5, 5.41) is 3.42. The van der Waals surface area contributed by atoms with Gasteiger partial charge in [-0.3, -0.25) is 0 Å². The van der Waals surface area contributed by atoms with Gasteiger partial charge < -0.3 is 15.0 Å². The first-order valence-corrected chi connectivity index (χ1v) is 11.7. The van der Waals surface area contributed by atoms with Crippen molar-refractivity contribution in [3.63, 3.8) is 0 Å². The van der Waals surface area contributed by atoms with Crippen LogP contribution in [0.2, 0.25) is 0 Å². The molecule has 2 aromatic rings. The van der Waals surface area contributed by atoms with E-state index < -0.39 is 0 Å². The zero-order valence-corrected chi connectivity index (χ0v) is 18.8. The Kier molecular flexibility index (Phi) is 5.81. The molecule has 1 aromatic carbocycles. The van der Waals surface area contributed by atoms with Crippen molar-refractivity contribution in [1.29, 1.82) is 0 Å². The van der Waals surface area contributed by atoms with E-state index in [9.17, 15) is 0 Å².